The summed E-state index contributed by atoms with van der Waals surface area (Å²) in [5.41, 5.74) is 1.55. The molecule has 0 aromatic carbocycles. The average Bonchev–Trinajstić information content (AvgIpc) is 2.42. The van der Waals surface area contributed by atoms with Gasteiger partial charge in [-0.1, -0.05) is 0 Å². The van der Waals surface area contributed by atoms with Gasteiger partial charge in [0.05, 0.1) is 0 Å². The van der Waals surface area contributed by atoms with Crippen LogP contribution in [-0.4, -0.2) is 15.6 Å². The monoisotopic (exact) mass is 191 g/mol. The molecule has 0 fully saturated rings. The van der Waals surface area contributed by atoms with E-state index in [0.717, 1.165) is 0 Å². The first kappa shape index (κ1) is 10.5. The smallest absolute Gasteiger partial charge is 0.178 e. The molecule has 0 radical (unpaired) electrons. The van der Waals surface area contributed by atoms with Gasteiger partial charge in [0.25, 0.3) is 0 Å². The molecule has 1 heterocycles. The fourth-order valence-corrected chi connectivity index (χ4v) is 1.42. The maximum atomic E-state index is 11.4. The summed E-state index contributed by atoms with van der Waals surface area (Å²) < 4.78 is 1.61. The lowest BCUT2D eigenvalue weighted by Crippen LogP contribution is -2.11. The number of carbonyl (C=O) groups is 1. The number of Topliss-reactive ketones (excluding diaryl/α,β-unsaturated/α-hetero) is 1. The summed E-state index contributed by atoms with van der Waals surface area (Å²) in [4.78, 5) is 11.4. The minimum absolute atomic E-state index is 0.0507. The third-order valence-electron chi connectivity index (χ3n) is 2.08. The van der Waals surface area contributed by atoms with Gasteiger partial charge >= 0.3 is 0 Å². The normalized spacial score (nSPS) is 10.3. The number of aromatic nitrogens is 2. The Balaban J connectivity index is 3.44. The Labute approximate surface area is 83.1 Å². The van der Waals surface area contributed by atoms with E-state index in [1.54, 1.807) is 11.6 Å². The van der Waals surface area contributed by atoms with Crippen LogP contribution >= 0.6 is 0 Å². The number of rotatable bonds is 2. The van der Waals surface area contributed by atoms with Crippen molar-refractivity contribution in [1.29, 1.82) is 5.26 Å². The van der Waals surface area contributed by atoms with Gasteiger partial charge in [0.15, 0.2) is 11.5 Å². The lowest BCUT2D eigenvalue weighted by Gasteiger charge is -2.08. The molecular formula is C10H13N3O. The highest BCUT2D eigenvalue weighted by Crippen LogP contribution is 2.17. The van der Waals surface area contributed by atoms with Crippen LogP contribution in [0, 0.1) is 18.3 Å². The van der Waals surface area contributed by atoms with Crippen molar-refractivity contribution in [3.05, 3.63) is 17.0 Å². The molecule has 0 N–H and O–H groups in total. The predicted octanol–water partition coefficient (Wildman–Crippen LogP) is 1.85. The lowest BCUT2D eigenvalue weighted by atomic mass is 10.1. The van der Waals surface area contributed by atoms with Crippen molar-refractivity contribution in [3.63, 3.8) is 0 Å². The van der Waals surface area contributed by atoms with Crippen LogP contribution in [0.15, 0.2) is 0 Å². The van der Waals surface area contributed by atoms with Gasteiger partial charge < -0.3 is 0 Å². The lowest BCUT2D eigenvalue weighted by molar-refractivity contribution is 0.100. The molecule has 14 heavy (non-hydrogen) atoms. The minimum Gasteiger partial charge on any atom is -0.293 e. The number of nitriles is 1. The van der Waals surface area contributed by atoms with Crippen LogP contribution in [0.25, 0.3) is 0 Å². The van der Waals surface area contributed by atoms with E-state index in [1.807, 2.05) is 19.9 Å². The standard InChI is InChI=1S/C10H13N3O/c1-6(2)13-10(8(4)14)7(3)9(5-11)12-13/h6H,1-4H3. The van der Waals surface area contributed by atoms with Gasteiger partial charge in [-0.2, -0.15) is 10.4 Å². The molecule has 0 amide bonds. The first-order valence-corrected chi connectivity index (χ1v) is 4.49. The van der Waals surface area contributed by atoms with E-state index < -0.39 is 0 Å². The van der Waals surface area contributed by atoms with Gasteiger partial charge in [-0.05, 0) is 20.8 Å². The van der Waals surface area contributed by atoms with Crippen LogP contribution in [0.1, 0.15) is 48.6 Å². The van der Waals surface area contributed by atoms with Crippen LogP contribution in [0.2, 0.25) is 0 Å². The molecule has 1 rings (SSSR count). The summed E-state index contributed by atoms with van der Waals surface area (Å²) in [6.07, 6.45) is 0. The fraction of sp³-hybridized carbons (Fsp3) is 0.500. The van der Waals surface area contributed by atoms with Gasteiger partial charge in [-0.3, -0.25) is 9.48 Å². The van der Waals surface area contributed by atoms with Gasteiger partial charge in [0, 0.05) is 18.5 Å². The predicted molar refractivity (Wildman–Crippen MR) is 52.1 cm³/mol. The molecule has 4 heteroatoms. The summed E-state index contributed by atoms with van der Waals surface area (Å²) in [6, 6.07) is 2.07. The van der Waals surface area contributed by atoms with Gasteiger partial charge in [-0.15, -0.1) is 0 Å². The molecule has 0 spiro atoms. The minimum atomic E-state index is -0.0507. The third kappa shape index (κ3) is 1.53. The fourth-order valence-electron chi connectivity index (χ4n) is 1.42. The molecule has 0 aliphatic heterocycles. The molecule has 0 saturated carbocycles. The Bertz CT molecular complexity index is 410. The van der Waals surface area contributed by atoms with Crippen LogP contribution in [0.5, 0.6) is 0 Å². The summed E-state index contributed by atoms with van der Waals surface area (Å²) in [6.45, 7) is 7.10. The number of carbonyl (C=O) groups excluding carboxylic acids is 1. The average molecular weight is 191 g/mol. The second-order valence-electron chi connectivity index (χ2n) is 3.53. The van der Waals surface area contributed by atoms with Gasteiger partial charge in [0.2, 0.25) is 0 Å². The van der Waals surface area contributed by atoms with E-state index in [-0.39, 0.29) is 11.8 Å². The molecular weight excluding hydrogens is 178 g/mol. The largest absolute Gasteiger partial charge is 0.293 e. The van der Waals surface area contributed by atoms with Crippen LogP contribution in [-0.2, 0) is 0 Å². The molecule has 4 nitrogen and oxygen atoms in total. The van der Waals surface area contributed by atoms with E-state index >= 15 is 0 Å². The Hall–Kier alpha value is -1.63. The maximum Gasteiger partial charge on any atom is 0.178 e. The topological polar surface area (TPSA) is 58.7 Å². The quantitative estimate of drug-likeness (QED) is 0.670. The van der Waals surface area contributed by atoms with Crippen molar-refractivity contribution in [2.75, 3.05) is 0 Å². The van der Waals surface area contributed by atoms with Gasteiger partial charge in [0.1, 0.15) is 11.8 Å². The van der Waals surface area contributed by atoms with Crippen molar-refractivity contribution in [3.8, 4) is 6.07 Å². The number of hydrogen-bond acceptors (Lipinski definition) is 3. The first-order valence-electron chi connectivity index (χ1n) is 4.49. The zero-order chi connectivity index (χ0) is 10.9. The zero-order valence-electron chi connectivity index (χ0n) is 8.83. The summed E-state index contributed by atoms with van der Waals surface area (Å²) in [7, 11) is 0. The molecule has 0 atom stereocenters. The van der Waals surface area contributed by atoms with E-state index in [9.17, 15) is 4.79 Å². The third-order valence-corrected chi connectivity index (χ3v) is 2.08. The Morgan fingerprint density at radius 2 is 2.14 bits per heavy atom. The van der Waals surface area contributed by atoms with Crippen molar-refractivity contribution in [2.24, 2.45) is 0 Å². The molecule has 0 saturated heterocycles. The molecule has 0 aliphatic carbocycles. The number of hydrogen-bond donors (Lipinski definition) is 0. The first-order chi connectivity index (χ1) is 6.49. The molecule has 74 valence electrons. The molecule has 0 unspecified atom stereocenters. The zero-order valence-corrected chi connectivity index (χ0v) is 8.83. The summed E-state index contributed by atoms with van der Waals surface area (Å²) >= 11 is 0. The van der Waals surface area contributed by atoms with Crippen LogP contribution < -0.4 is 0 Å². The highest BCUT2D eigenvalue weighted by Gasteiger charge is 2.18. The Morgan fingerprint density at radius 1 is 1.57 bits per heavy atom. The van der Waals surface area contributed by atoms with Crippen molar-refractivity contribution < 1.29 is 4.79 Å². The molecule has 0 aliphatic rings. The van der Waals surface area contributed by atoms with Crippen molar-refractivity contribution in [2.45, 2.75) is 33.7 Å². The maximum absolute atomic E-state index is 11.4. The number of nitrogens with zero attached hydrogens (tertiary/aromatic N) is 3. The van der Waals surface area contributed by atoms with Crippen molar-refractivity contribution >= 4 is 5.78 Å². The molecule has 0 bridgehead atoms. The van der Waals surface area contributed by atoms with Crippen LogP contribution in [0.4, 0.5) is 0 Å². The van der Waals surface area contributed by atoms with E-state index in [2.05, 4.69) is 5.10 Å². The van der Waals surface area contributed by atoms with Gasteiger partial charge in [-0.25, -0.2) is 0 Å². The van der Waals surface area contributed by atoms with E-state index in [4.69, 9.17) is 5.26 Å². The SMILES string of the molecule is CC(=O)c1c(C)c(C#N)nn1C(C)C. The second kappa shape index (κ2) is 3.62. The summed E-state index contributed by atoms with van der Waals surface area (Å²) in [5, 5.41) is 12.9. The molecule has 1 aromatic heterocycles. The van der Waals surface area contributed by atoms with E-state index in [1.165, 1.54) is 6.92 Å². The van der Waals surface area contributed by atoms with Crippen LogP contribution in [0.3, 0.4) is 0 Å². The highest BCUT2D eigenvalue weighted by atomic mass is 16.1. The highest BCUT2D eigenvalue weighted by molar-refractivity contribution is 5.94. The van der Waals surface area contributed by atoms with E-state index in [0.29, 0.717) is 17.0 Å². The molecule has 1 aromatic rings. The Kier molecular flexibility index (Phi) is 2.70. The van der Waals surface area contributed by atoms with Crippen molar-refractivity contribution in [1.82, 2.24) is 9.78 Å². The number of ketones is 1. The Morgan fingerprint density at radius 3 is 2.43 bits per heavy atom. The summed E-state index contributed by atoms with van der Waals surface area (Å²) in [5.74, 6) is -0.0507. The second-order valence-corrected chi connectivity index (χ2v) is 3.53.